The maximum absolute atomic E-state index is 14.1. The molecule has 0 aliphatic carbocycles. The van der Waals surface area contributed by atoms with Gasteiger partial charge in [0.2, 0.25) is 0 Å². The van der Waals surface area contributed by atoms with Crippen molar-refractivity contribution in [2.75, 3.05) is 0 Å². The Balaban J connectivity index is 2.04. The van der Waals surface area contributed by atoms with E-state index in [-0.39, 0.29) is 11.4 Å². The van der Waals surface area contributed by atoms with Gasteiger partial charge in [-0.15, -0.1) is 11.3 Å². The molecule has 1 heterocycles. The number of benzene rings is 1. The van der Waals surface area contributed by atoms with Crippen molar-refractivity contribution in [1.29, 1.82) is 0 Å². The Kier molecular flexibility index (Phi) is 4.48. The van der Waals surface area contributed by atoms with E-state index in [1.54, 1.807) is 23.5 Å². The van der Waals surface area contributed by atoms with Gasteiger partial charge in [-0.05, 0) is 17.5 Å². The molecule has 0 spiro atoms. The van der Waals surface area contributed by atoms with Crippen molar-refractivity contribution in [1.82, 2.24) is 5.32 Å². The molecule has 4 N–H and O–H groups in total. The Hall–Kier alpha value is -1.92. The zero-order valence-corrected chi connectivity index (χ0v) is 11.0. The van der Waals surface area contributed by atoms with Crippen molar-refractivity contribution in [2.24, 2.45) is 10.9 Å². The van der Waals surface area contributed by atoms with E-state index in [2.05, 4.69) is 10.5 Å². The minimum absolute atomic E-state index is 0.109. The fourth-order valence-electron chi connectivity index (χ4n) is 1.70. The molecule has 0 radical (unpaired) electrons. The second kappa shape index (κ2) is 6.31. The summed E-state index contributed by atoms with van der Waals surface area (Å²) in [5, 5.41) is 16.6. The fraction of sp³-hybridized carbons (Fsp3) is 0.154. The van der Waals surface area contributed by atoms with Crippen molar-refractivity contribution >= 4 is 17.2 Å². The van der Waals surface area contributed by atoms with E-state index in [1.807, 2.05) is 17.5 Å². The zero-order valence-electron chi connectivity index (χ0n) is 10.1. The molecule has 2 aromatic rings. The van der Waals surface area contributed by atoms with Crippen LogP contribution in [0, 0.1) is 5.82 Å². The first-order valence-corrected chi connectivity index (χ1v) is 6.58. The van der Waals surface area contributed by atoms with Crippen LogP contribution in [0.2, 0.25) is 0 Å². The highest BCUT2D eigenvalue weighted by Gasteiger charge is 2.11. The van der Waals surface area contributed by atoms with Crippen molar-refractivity contribution in [3.05, 3.63) is 57.5 Å². The number of thiophene rings is 1. The van der Waals surface area contributed by atoms with Crippen LogP contribution in [0.3, 0.4) is 0 Å². The molecule has 0 atom stereocenters. The summed E-state index contributed by atoms with van der Waals surface area (Å²) in [5.41, 5.74) is 6.01. The molecule has 100 valence electrons. The number of halogens is 1. The lowest BCUT2D eigenvalue weighted by Crippen LogP contribution is -2.18. The molecular weight excluding hydrogens is 265 g/mol. The molecule has 0 bridgehead atoms. The first-order valence-electron chi connectivity index (χ1n) is 5.70. The average Bonchev–Trinajstić information content (AvgIpc) is 2.93. The summed E-state index contributed by atoms with van der Waals surface area (Å²) in [6.45, 7) is 1.07. The van der Waals surface area contributed by atoms with E-state index in [1.165, 1.54) is 10.9 Å². The monoisotopic (exact) mass is 279 g/mol. The number of nitrogens with one attached hydrogen (secondary N) is 1. The summed E-state index contributed by atoms with van der Waals surface area (Å²) in [4.78, 5) is 1.19. The molecule has 0 aliphatic rings. The number of nitrogens with two attached hydrogens (primary N) is 1. The third-order valence-corrected chi connectivity index (χ3v) is 3.53. The second-order valence-electron chi connectivity index (χ2n) is 3.95. The molecule has 0 saturated carbocycles. The van der Waals surface area contributed by atoms with Gasteiger partial charge in [-0.1, -0.05) is 23.4 Å². The number of oxime groups is 1. The highest BCUT2D eigenvalue weighted by Crippen LogP contribution is 2.13. The van der Waals surface area contributed by atoms with Crippen molar-refractivity contribution in [3.63, 3.8) is 0 Å². The Morgan fingerprint density at radius 1 is 1.32 bits per heavy atom. The molecule has 0 aliphatic heterocycles. The van der Waals surface area contributed by atoms with Crippen molar-refractivity contribution < 1.29 is 9.60 Å². The molecule has 0 unspecified atom stereocenters. The number of rotatable bonds is 5. The minimum atomic E-state index is -0.462. The minimum Gasteiger partial charge on any atom is -0.409 e. The summed E-state index contributed by atoms with van der Waals surface area (Å²) >= 11 is 1.65. The Morgan fingerprint density at radius 2 is 2.16 bits per heavy atom. The van der Waals surface area contributed by atoms with Crippen LogP contribution in [-0.4, -0.2) is 11.0 Å². The fourth-order valence-corrected chi connectivity index (χ4v) is 2.38. The van der Waals surface area contributed by atoms with E-state index < -0.39 is 5.82 Å². The Morgan fingerprint density at radius 3 is 2.84 bits per heavy atom. The van der Waals surface area contributed by atoms with Gasteiger partial charge < -0.3 is 16.3 Å². The highest BCUT2D eigenvalue weighted by molar-refractivity contribution is 7.09. The lowest BCUT2D eigenvalue weighted by atomic mass is 10.1. The van der Waals surface area contributed by atoms with E-state index in [9.17, 15) is 4.39 Å². The van der Waals surface area contributed by atoms with Crippen molar-refractivity contribution in [3.8, 4) is 0 Å². The van der Waals surface area contributed by atoms with Crippen LogP contribution in [0.5, 0.6) is 0 Å². The molecule has 19 heavy (non-hydrogen) atoms. The summed E-state index contributed by atoms with van der Waals surface area (Å²) in [5.74, 6) is -0.686. The lowest BCUT2D eigenvalue weighted by molar-refractivity contribution is 0.318. The third kappa shape index (κ3) is 3.30. The van der Waals surface area contributed by atoms with Crippen LogP contribution >= 0.6 is 11.3 Å². The molecule has 1 aromatic carbocycles. The predicted molar refractivity (Wildman–Crippen MR) is 73.8 cm³/mol. The zero-order chi connectivity index (χ0) is 13.7. The van der Waals surface area contributed by atoms with Crippen molar-refractivity contribution in [2.45, 2.75) is 13.1 Å². The van der Waals surface area contributed by atoms with Gasteiger partial charge in [0.25, 0.3) is 0 Å². The van der Waals surface area contributed by atoms with E-state index in [4.69, 9.17) is 10.9 Å². The van der Waals surface area contributed by atoms with Gasteiger partial charge in [-0.3, -0.25) is 0 Å². The van der Waals surface area contributed by atoms with Crippen LogP contribution in [-0.2, 0) is 13.1 Å². The van der Waals surface area contributed by atoms with Gasteiger partial charge in [0.1, 0.15) is 5.82 Å². The van der Waals surface area contributed by atoms with Gasteiger partial charge in [0, 0.05) is 23.5 Å². The smallest absolute Gasteiger partial charge is 0.173 e. The second-order valence-corrected chi connectivity index (χ2v) is 4.98. The van der Waals surface area contributed by atoms with Crippen LogP contribution in [0.4, 0.5) is 4.39 Å². The third-order valence-electron chi connectivity index (χ3n) is 2.66. The lowest BCUT2D eigenvalue weighted by Gasteiger charge is -2.08. The summed E-state index contributed by atoms with van der Waals surface area (Å²) < 4.78 is 14.1. The van der Waals surface area contributed by atoms with E-state index in [0.29, 0.717) is 18.7 Å². The van der Waals surface area contributed by atoms with Crippen LogP contribution < -0.4 is 11.1 Å². The SMILES string of the molecule is N/C(=N/O)c1cccc(CNCc2cccs2)c1F. The first-order chi connectivity index (χ1) is 9.22. The molecular formula is C13H14FN3OS. The molecule has 2 rings (SSSR count). The number of nitrogens with zero attached hydrogens (tertiary/aromatic N) is 1. The largest absolute Gasteiger partial charge is 0.409 e. The van der Waals surface area contributed by atoms with E-state index in [0.717, 1.165) is 0 Å². The molecule has 4 nitrogen and oxygen atoms in total. The summed E-state index contributed by atoms with van der Waals surface area (Å²) in [7, 11) is 0. The number of amidine groups is 1. The predicted octanol–water partition coefficient (Wildman–Crippen LogP) is 2.27. The Labute approximate surface area is 114 Å². The first kappa shape index (κ1) is 13.5. The maximum Gasteiger partial charge on any atom is 0.173 e. The van der Waals surface area contributed by atoms with Crippen LogP contribution in [0.1, 0.15) is 16.0 Å². The Bertz CT molecular complexity index is 569. The summed E-state index contributed by atoms with van der Waals surface area (Å²) in [6, 6.07) is 8.82. The number of hydrogen-bond donors (Lipinski definition) is 3. The quantitative estimate of drug-likeness (QED) is 0.340. The molecule has 6 heteroatoms. The molecule has 0 saturated heterocycles. The van der Waals surface area contributed by atoms with Gasteiger partial charge in [-0.2, -0.15) is 0 Å². The normalized spacial score (nSPS) is 11.7. The standard InChI is InChI=1S/C13H14FN3OS/c14-12-9(3-1-5-11(12)13(15)17-18)7-16-8-10-4-2-6-19-10/h1-6,16,18H,7-8H2,(H2,15,17). The van der Waals surface area contributed by atoms with Crippen LogP contribution in [0.25, 0.3) is 0 Å². The highest BCUT2D eigenvalue weighted by atomic mass is 32.1. The van der Waals surface area contributed by atoms with Crippen LogP contribution in [0.15, 0.2) is 40.9 Å². The maximum atomic E-state index is 14.1. The molecule has 1 aromatic heterocycles. The average molecular weight is 279 g/mol. The van der Waals surface area contributed by atoms with Gasteiger partial charge in [-0.25, -0.2) is 4.39 Å². The van der Waals surface area contributed by atoms with Gasteiger partial charge in [0.05, 0.1) is 5.56 Å². The molecule has 0 amide bonds. The van der Waals surface area contributed by atoms with E-state index >= 15 is 0 Å². The summed E-state index contributed by atoms with van der Waals surface area (Å²) in [6.07, 6.45) is 0. The van der Waals surface area contributed by atoms with Gasteiger partial charge in [0.15, 0.2) is 5.84 Å². The number of hydrogen-bond acceptors (Lipinski definition) is 4. The van der Waals surface area contributed by atoms with Gasteiger partial charge >= 0.3 is 0 Å². The molecule has 0 fully saturated rings. The topological polar surface area (TPSA) is 70.6 Å².